The van der Waals surface area contributed by atoms with Crippen LogP contribution in [0.3, 0.4) is 0 Å². The molecule has 112 valence electrons. The van der Waals surface area contributed by atoms with Gasteiger partial charge in [-0.3, -0.25) is 9.59 Å². The third-order valence-electron chi connectivity index (χ3n) is 4.05. The minimum Gasteiger partial charge on any atom is -0.481 e. The van der Waals surface area contributed by atoms with Crippen molar-refractivity contribution in [1.29, 1.82) is 0 Å². The van der Waals surface area contributed by atoms with Gasteiger partial charge in [0, 0.05) is 12.7 Å². The average Bonchev–Trinajstić information content (AvgIpc) is 2.76. The summed E-state index contributed by atoms with van der Waals surface area (Å²) >= 11 is 0. The molecule has 0 radical (unpaired) electrons. The largest absolute Gasteiger partial charge is 0.481 e. The molecule has 20 heavy (non-hydrogen) atoms. The summed E-state index contributed by atoms with van der Waals surface area (Å²) in [5, 5.41) is 12.1. The van der Waals surface area contributed by atoms with E-state index in [4.69, 9.17) is 0 Å². The molecule has 1 heterocycles. The van der Waals surface area contributed by atoms with E-state index in [1.807, 2.05) is 23.8 Å². The number of amides is 1. The Hall–Kier alpha value is -1.78. The summed E-state index contributed by atoms with van der Waals surface area (Å²) in [5.41, 5.74) is -1.37. The number of nitrogens with zero attached hydrogens (tertiary/aromatic N) is 1. The van der Waals surface area contributed by atoms with Gasteiger partial charge >= 0.3 is 5.97 Å². The molecule has 0 aliphatic heterocycles. The first-order valence-corrected chi connectivity index (χ1v) is 6.84. The summed E-state index contributed by atoms with van der Waals surface area (Å²) in [4.78, 5) is 23.7. The minimum absolute atomic E-state index is 0.247. The lowest BCUT2D eigenvalue weighted by atomic mass is 9.74. The Labute approximate surface area is 120 Å². The molecule has 0 aromatic carbocycles. The minimum atomic E-state index is -1.06. The quantitative estimate of drug-likeness (QED) is 0.841. The Morgan fingerprint density at radius 2 is 1.90 bits per heavy atom. The van der Waals surface area contributed by atoms with E-state index in [0.717, 1.165) is 13.0 Å². The van der Waals surface area contributed by atoms with Gasteiger partial charge in [-0.25, -0.2) is 0 Å². The molecule has 1 amide bonds. The van der Waals surface area contributed by atoms with Gasteiger partial charge in [0.1, 0.15) is 5.69 Å². The Bertz CT molecular complexity index is 501. The lowest BCUT2D eigenvalue weighted by molar-refractivity contribution is -0.150. The maximum Gasteiger partial charge on any atom is 0.311 e. The number of carboxylic acid groups (broad SMARTS) is 1. The van der Waals surface area contributed by atoms with E-state index in [1.165, 1.54) is 0 Å². The highest BCUT2D eigenvalue weighted by molar-refractivity contribution is 5.93. The molecule has 0 saturated carbocycles. The molecular formula is C15H24N2O3. The average molecular weight is 280 g/mol. The van der Waals surface area contributed by atoms with Crippen molar-refractivity contribution in [3.8, 4) is 0 Å². The molecule has 1 aromatic heterocycles. The zero-order chi connectivity index (χ0) is 15.6. The van der Waals surface area contributed by atoms with Crippen LogP contribution in [0.25, 0.3) is 0 Å². The van der Waals surface area contributed by atoms with E-state index in [-0.39, 0.29) is 5.91 Å². The standard InChI is InChI=1S/C15H24N2O3/c1-6-9-17-10-7-8-11(17)12(18)16-15(4,5)14(2,3)13(19)20/h7-8,10H,6,9H2,1-5H3,(H,16,18)(H,19,20). The van der Waals surface area contributed by atoms with E-state index in [9.17, 15) is 14.7 Å². The van der Waals surface area contributed by atoms with Crippen molar-refractivity contribution in [3.05, 3.63) is 24.0 Å². The number of hydrogen-bond acceptors (Lipinski definition) is 2. The normalized spacial score (nSPS) is 12.2. The molecule has 5 heteroatoms. The summed E-state index contributed by atoms with van der Waals surface area (Å²) in [5.74, 6) is -1.19. The maximum absolute atomic E-state index is 12.4. The molecule has 0 aliphatic rings. The number of carbonyl (C=O) groups is 2. The number of aryl methyl sites for hydroxylation is 1. The van der Waals surface area contributed by atoms with E-state index >= 15 is 0 Å². The summed E-state index contributed by atoms with van der Waals surface area (Å²) in [6.45, 7) is 9.48. The molecule has 0 atom stereocenters. The van der Waals surface area contributed by atoms with Gasteiger partial charge in [-0.15, -0.1) is 0 Å². The molecule has 0 saturated heterocycles. The van der Waals surface area contributed by atoms with Crippen molar-refractivity contribution >= 4 is 11.9 Å². The van der Waals surface area contributed by atoms with Crippen LogP contribution in [0, 0.1) is 5.41 Å². The zero-order valence-electron chi connectivity index (χ0n) is 12.9. The van der Waals surface area contributed by atoms with Gasteiger partial charge in [0.25, 0.3) is 5.91 Å². The van der Waals surface area contributed by atoms with E-state index in [0.29, 0.717) is 5.69 Å². The first kappa shape index (κ1) is 16.3. The second kappa shape index (κ2) is 5.69. The third-order valence-corrected chi connectivity index (χ3v) is 4.05. The number of nitrogens with one attached hydrogen (secondary N) is 1. The van der Waals surface area contributed by atoms with E-state index in [1.54, 1.807) is 33.8 Å². The van der Waals surface area contributed by atoms with Crippen LogP contribution in [-0.2, 0) is 11.3 Å². The fraction of sp³-hybridized carbons (Fsp3) is 0.600. The Balaban J connectivity index is 2.95. The van der Waals surface area contributed by atoms with Gasteiger partial charge in [0.2, 0.25) is 0 Å². The fourth-order valence-electron chi connectivity index (χ4n) is 1.83. The Morgan fingerprint density at radius 1 is 1.30 bits per heavy atom. The smallest absolute Gasteiger partial charge is 0.311 e. The Kier molecular flexibility index (Phi) is 4.63. The summed E-state index contributed by atoms with van der Waals surface area (Å²) in [7, 11) is 0. The maximum atomic E-state index is 12.4. The van der Waals surface area contributed by atoms with Crippen molar-refractivity contribution in [1.82, 2.24) is 9.88 Å². The van der Waals surface area contributed by atoms with Gasteiger partial charge < -0.3 is 15.0 Å². The molecular weight excluding hydrogens is 256 g/mol. The molecule has 5 nitrogen and oxygen atoms in total. The number of aromatic nitrogens is 1. The molecule has 0 spiro atoms. The highest BCUT2D eigenvalue weighted by Gasteiger charge is 2.44. The van der Waals surface area contributed by atoms with Crippen LogP contribution >= 0.6 is 0 Å². The van der Waals surface area contributed by atoms with E-state index < -0.39 is 16.9 Å². The summed E-state index contributed by atoms with van der Waals surface area (Å²) < 4.78 is 1.87. The first-order valence-electron chi connectivity index (χ1n) is 6.84. The number of hydrogen-bond donors (Lipinski definition) is 2. The van der Waals surface area contributed by atoms with Gasteiger partial charge in [-0.1, -0.05) is 6.92 Å². The second-order valence-corrected chi connectivity index (χ2v) is 6.10. The number of carboxylic acids is 1. The predicted octanol–water partition coefficient (Wildman–Crippen LogP) is 2.52. The van der Waals surface area contributed by atoms with Crippen LogP contribution in [0.4, 0.5) is 0 Å². The third kappa shape index (κ3) is 3.03. The fourth-order valence-corrected chi connectivity index (χ4v) is 1.83. The van der Waals surface area contributed by atoms with Crippen molar-refractivity contribution in [2.45, 2.75) is 53.1 Å². The number of aliphatic carboxylic acids is 1. The monoisotopic (exact) mass is 280 g/mol. The zero-order valence-corrected chi connectivity index (χ0v) is 12.9. The van der Waals surface area contributed by atoms with Crippen molar-refractivity contribution in [2.75, 3.05) is 0 Å². The SMILES string of the molecule is CCCn1cccc1C(=O)NC(C)(C)C(C)(C)C(=O)O. The molecule has 2 N–H and O–H groups in total. The molecule has 1 aromatic rings. The van der Waals surface area contributed by atoms with Gasteiger partial charge in [-0.05, 0) is 46.2 Å². The van der Waals surface area contributed by atoms with Crippen molar-refractivity contribution < 1.29 is 14.7 Å². The van der Waals surface area contributed by atoms with Crippen LogP contribution in [-0.4, -0.2) is 27.1 Å². The first-order chi connectivity index (χ1) is 9.13. The molecule has 0 unspecified atom stereocenters. The summed E-state index contributed by atoms with van der Waals surface area (Å²) in [6.07, 6.45) is 2.78. The highest BCUT2D eigenvalue weighted by Crippen LogP contribution is 2.31. The van der Waals surface area contributed by atoms with Crippen LogP contribution < -0.4 is 5.32 Å². The molecule has 0 bridgehead atoms. The number of carbonyl (C=O) groups excluding carboxylic acids is 1. The van der Waals surface area contributed by atoms with Gasteiger partial charge in [-0.2, -0.15) is 0 Å². The lowest BCUT2D eigenvalue weighted by Crippen LogP contribution is -2.57. The summed E-state index contributed by atoms with van der Waals surface area (Å²) in [6, 6.07) is 3.56. The predicted molar refractivity (Wildman–Crippen MR) is 77.7 cm³/mol. The molecule has 0 fully saturated rings. The lowest BCUT2D eigenvalue weighted by Gasteiger charge is -2.38. The second-order valence-electron chi connectivity index (χ2n) is 6.10. The van der Waals surface area contributed by atoms with Crippen LogP contribution in [0.15, 0.2) is 18.3 Å². The van der Waals surface area contributed by atoms with Crippen LogP contribution in [0.5, 0.6) is 0 Å². The highest BCUT2D eigenvalue weighted by atomic mass is 16.4. The van der Waals surface area contributed by atoms with Gasteiger partial charge in [0.15, 0.2) is 0 Å². The van der Waals surface area contributed by atoms with Crippen LogP contribution in [0.1, 0.15) is 51.5 Å². The van der Waals surface area contributed by atoms with Crippen molar-refractivity contribution in [2.24, 2.45) is 5.41 Å². The van der Waals surface area contributed by atoms with E-state index in [2.05, 4.69) is 5.32 Å². The topological polar surface area (TPSA) is 71.3 Å². The Morgan fingerprint density at radius 3 is 2.40 bits per heavy atom. The van der Waals surface area contributed by atoms with Crippen molar-refractivity contribution in [3.63, 3.8) is 0 Å². The van der Waals surface area contributed by atoms with Gasteiger partial charge in [0.05, 0.1) is 11.0 Å². The number of rotatable bonds is 6. The van der Waals surface area contributed by atoms with Crippen LogP contribution in [0.2, 0.25) is 0 Å². The molecule has 0 aliphatic carbocycles. The molecule has 1 rings (SSSR count).